The number of nitrogen functional groups attached to an aromatic ring is 1. The summed E-state index contributed by atoms with van der Waals surface area (Å²) in [6.45, 7) is 1.31. The van der Waals surface area contributed by atoms with Gasteiger partial charge in [-0.05, 0) is 17.7 Å². The average Bonchev–Trinajstić information content (AvgIpc) is 2.45. The highest BCUT2D eigenvalue weighted by atomic mass is 16.2. The normalized spacial score (nSPS) is 11.3. The summed E-state index contributed by atoms with van der Waals surface area (Å²) < 4.78 is 0. The molecule has 108 valence electrons. The van der Waals surface area contributed by atoms with Gasteiger partial charge in [-0.15, -0.1) is 0 Å². The fraction of sp³-hybridized carbons (Fsp3) is 0.250. The van der Waals surface area contributed by atoms with Crippen molar-refractivity contribution in [2.45, 2.75) is 19.4 Å². The van der Waals surface area contributed by atoms with E-state index in [1.54, 1.807) is 24.3 Å². The molecule has 0 saturated carbocycles. The van der Waals surface area contributed by atoms with Crippen molar-refractivity contribution in [1.82, 2.24) is 16.2 Å². The Morgan fingerprint density at radius 3 is 2.15 bits per heavy atom. The zero-order valence-corrected chi connectivity index (χ0v) is 11.0. The second kappa shape index (κ2) is 7.22. The fourth-order valence-electron chi connectivity index (χ4n) is 1.67. The van der Waals surface area contributed by atoms with E-state index < -0.39 is 17.9 Å². The highest BCUT2D eigenvalue weighted by Crippen LogP contribution is 2.07. The quantitative estimate of drug-likeness (QED) is 0.249. The minimum atomic E-state index is -0.772. The summed E-state index contributed by atoms with van der Waals surface area (Å²) in [7, 11) is 0. The number of carbonyl (C=O) groups excluding carboxylic acids is 3. The number of nitrogens with one attached hydrogen (secondary N) is 3. The van der Waals surface area contributed by atoms with Crippen LogP contribution in [0.5, 0.6) is 0 Å². The first kappa shape index (κ1) is 15.6. The number of hydrogen-bond donors (Lipinski definition) is 5. The second-order valence-corrected chi connectivity index (χ2v) is 4.14. The Bertz CT molecular complexity index is 500. The molecule has 1 rings (SSSR count). The van der Waals surface area contributed by atoms with E-state index in [-0.39, 0.29) is 12.3 Å². The third-order valence-electron chi connectivity index (χ3n) is 2.62. The van der Waals surface area contributed by atoms with E-state index in [1.165, 1.54) is 6.92 Å². The lowest BCUT2D eigenvalue weighted by Gasteiger charge is -2.16. The highest BCUT2D eigenvalue weighted by molar-refractivity contribution is 5.93. The second-order valence-electron chi connectivity index (χ2n) is 4.14. The number of amides is 3. The van der Waals surface area contributed by atoms with Crippen molar-refractivity contribution in [2.24, 2.45) is 11.7 Å². The summed E-state index contributed by atoms with van der Waals surface area (Å²) in [5.41, 5.74) is 5.18. The summed E-state index contributed by atoms with van der Waals surface area (Å²) in [6, 6.07) is 5.71. The maximum Gasteiger partial charge on any atom is 0.265 e. The lowest BCUT2D eigenvalue weighted by molar-refractivity contribution is -0.128. The van der Waals surface area contributed by atoms with E-state index in [0.717, 1.165) is 5.56 Å². The molecule has 0 aromatic heterocycles. The van der Waals surface area contributed by atoms with Crippen molar-refractivity contribution < 1.29 is 14.4 Å². The minimum absolute atomic E-state index is 0.257. The van der Waals surface area contributed by atoms with Crippen molar-refractivity contribution >= 4 is 17.7 Å². The molecule has 3 amide bonds. The highest BCUT2D eigenvalue weighted by Gasteiger charge is 2.19. The third-order valence-corrected chi connectivity index (χ3v) is 2.62. The Morgan fingerprint density at radius 1 is 1.10 bits per heavy atom. The molecule has 0 aliphatic heterocycles. The maximum absolute atomic E-state index is 11.5. The van der Waals surface area contributed by atoms with Crippen LogP contribution in [0.4, 0.5) is 0 Å². The number of nitrogens with two attached hydrogens (primary N) is 2. The zero-order chi connectivity index (χ0) is 15.1. The van der Waals surface area contributed by atoms with E-state index in [1.807, 2.05) is 10.9 Å². The van der Waals surface area contributed by atoms with Gasteiger partial charge in [0.2, 0.25) is 5.91 Å². The summed E-state index contributed by atoms with van der Waals surface area (Å²) in [4.78, 5) is 33.9. The van der Waals surface area contributed by atoms with Crippen LogP contribution in [0.15, 0.2) is 24.3 Å². The van der Waals surface area contributed by atoms with Gasteiger partial charge >= 0.3 is 0 Å². The monoisotopic (exact) mass is 279 g/mol. The number of hydrogen-bond acceptors (Lipinski definition) is 5. The molecule has 0 heterocycles. The first-order valence-electron chi connectivity index (χ1n) is 5.85. The predicted molar refractivity (Wildman–Crippen MR) is 71.7 cm³/mol. The molecule has 8 heteroatoms. The van der Waals surface area contributed by atoms with Gasteiger partial charge in [-0.2, -0.15) is 0 Å². The molecule has 8 nitrogen and oxygen atoms in total. The van der Waals surface area contributed by atoms with Gasteiger partial charge in [0.15, 0.2) is 0 Å². The van der Waals surface area contributed by atoms with Crippen molar-refractivity contribution in [2.75, 3.05) is 0 Å². The van der Waals surface area contributed by atoms with Crippen LogP contribution in [0.25, 0.3) is 0 Å². The van der Waals surface area contributed by atoms with Crippen LogP contribution in [0.1, 0.15) is 22.8 Å². The predicted octanol–water partition coefficient (Wildman–Crippen LogP) is -1.67. The molecule has 0 spiro atoms. The van der Waals surface area contributed by atoms with E-state index in [2.05, 4.69) is 5.32 Å². The standard InChI is InChI=1S/C12H17N5O3/c1-7(18)15-10(12(20)17-14)6-8-2-4-9(5-3-8)11(19)16-13/h2-5,10H,6,13-14H2,1H3,(H,15,18)(H,16,19)(H,17,20). The molecule has 0 fully saturated rings. The minimum Gasteiger partial charge on any atom is -0.344 e. The SMILES string of the molecule is CC(=O)NC(Cc1ccc(C(=O)NN)cc1)C(=O)NN. The van der Waals surface area contributed by atoms with E-state index in [4.69, 9.17) is 11.7 Å². The molecule has 0 radical (unpaired) electrons. The van der Waals surface area contributed by atoms with Crippen LogP contribution in [0, 0.1) is 0 Å². The number of carbonyl (C=O) groups is 3. The molecule has 1 unspecified atom stereocenters. The Labute approximate surface area is 115 Å². The van der Waals surface area contributed by atoms with Gasteiger partial charge in [-0.25, -0.2) is 11.7 Å². The van der Waals surface area contributed by atoms with Crippen molar-refractivity contribution in [3.63, 3.8) is 0 Å². The van der Waals surface area contributed by atoms with Gasteiger partial charge < -0.3 is 5.32 Å². The summed E-state index contributed by atoms with van der Waals surface area (Å²) >= 11 is 0. The Kier molecular flexibility index (Phi) is 5.63. The molecule has 7 N–H and O–H groups in total. The topological polar surface area (TPSA) is 139 Å². The first-order chi connectivity index (χ1) is 9.47. The van der Waals surface area contributed by atoms with Gasteiger partial charge in [0.25, 0.3) is 11.8 Å². The first-order valence-corrected chi connectivity index (χ1v) is 5.85. The van der Waals surface area contributed by atoms with Gasteiger partial charge in [0, 0.05) is 18.9 Å². The van der Waals surface area contributed by atoms with Gasteiger partial charge in [-0.1, -0.05) is 12.1 Å². The molecule has 1 atom stereocenters. The third kappa shape index (κ3) is 4.34. The molecule has 0 saturated heterocycles. The number of benzene rings is 1. The molecule has 0 aliphatic carbocycles. The molecular formula is C12H17N5O3. The van der Waals surface area contributed by atoms with Crippen molar-refractivity contribution in [3.8, 4) is 0 Å². The summed E-state index contributed by atoms with van der Waals surface area (Å²) in [5.74, 6) is 8.85. The molecule has 20 heavy (non-hydrogen) atoms. The Morgan fingerprint density at radius 2 is 1.70 bits per heavy atom. The Balaban J connectivity index is 2.80. The lowest BCUT2D eigenvalue weighted by Crippen LogP contribution is -2.49. The zero-order valence-electron chi connectivity index (χ0n) is 11.0. The molecule has 0 aliphatic rings. The van der Waals surface area contributed by atoms with Crippen LogP contribution in [0.3, 0.4) is 0 Å². The smallest absolute Gasteiger partial charge is 0.265 e. The maximum atomic E-state index is 11.5. The van der Waals surface area contributed by atoms with Gasteiger partial charge in [0.05, 0.1) is 0 Å². The van der Waals surface area contributed by atoms with Crippen molar-refractivity contribution in [1.29, 1.82) is 0 Å². The van der Waals surface area contributed by atoms with Gasteiger partial charge in [-0.3, -0.25) is 25.2 Å². The van der Waals surface area contributed by atoms with E-state index in [9.17, 15) is 14.4 Å². The number of hydrazine groups is 2. The fourth-order valence-corrected chi connectivity index (χ4v) is 1.67. The van der Waals surface area contributed by atoms with Crippen LogP contribution in [-0.4, -0.2) is 23.8 Å². The van der Waals surface area contributed by atoms with Gasteiger partial charge in [0.1, 0.15) is 6.04 Å². The van der Waals surface area contributed by atoms with Crippen LogP contribution in [-0.2, 0) is 16.0 Å². The van der Waals surface area contributed by atoms with Crippen LogP contribution >= 0.6 is 0 Å². The van der Waals surface area contributed by atoms with E-state index in [0.29, 0.717) is 5.56 Å². The Hall–Kier alpha value is -2.45. The summed E-state index contributed by atoms with van der Waals surface area (Å²) in [6.07, 6.45) is 0.257. The molecular weight excluding hydrogens is 262 g/mol. The summed E-state index contributed by atoms with van der Waals surface area (Å²) in [5, 5.41) is 2.50. The van der Waals surface area contributed by atoms with Crippen LogP contribution < -0.4 is 27.9 Å². The van der Waals surface area contributed by atoms with Crippen LogP contribution in [0.2, 0.25) is 0 Å². The molecule has 0 bridgehead atoms. The molecule has 1 aromatic carbocycles. The number of rotatable bonds is 5. The average molecular weight is 279 g/mol. The largest absolute Gasteiger partial charge is 0.344 e. The van der Waals surface area contributed by atoms with Crippen molar-refractivity contribution in [3.05, 3.63) is 35.4 Å². The molecule has 1 aromatic rings. The van der Waals surface area contributed by atoms with E-state index >= 15 is 0 Å². The lowest BCUT2D eigenvalue weighted by atomic mass is 10.0.